The average Bonchev–Trinajstić information content (AvgIpc) is 3.05. The van der Waals surface area contributed by atoms with Gasteiger partial charge in [-0.05, 0) is 90.2 Å². The number of nitriles is 1. The molecule has 5 atom stereocenters. The van der Waals surface area contributed by atoms with Gasteiger partial charge in [0.15, 0.2) is 23.0 Å². The largest absolute Gasteiger partial charge is 0.486 e. The van der Waals surface area contributed by atoms with Gasteiger partial charge >= 0.3 is 5.97 Å². The summed E-state index contributed by atoms with van der Waals surface area (Å²) in [7, 11) is 2.10. The van der Waals surface area contributed by atoms with Gasteiger partial charge in [-0.25, -0.2) is 9.18 Å². The summed E-state index contributed by atoms with van der Waals surface area (Å²) in [6.07, 6.45) is 4.30. The summed E-state index contributed by atoms with van der Waals surface area (Å²) in [6, 6.07) is 15.7. The second-order valence-corrected chi connectivity index (χ2v) is 12.1. The molecule has 0 saturated carbocycles. The predicted octanol–water partition coefficient (Wildman–Crippen LogP) is 4.40. The highest BCUT2D eigenvalue weighted by molar-refractivity contribution is 5.87. The van der Waals surface area contributed by atoms with Gasteiger partial charge in [0.1, 0.15) is 44.9 Å². The Bertz CT molecular complexity index is 1740. The number of halogens is 1. The number of hydrogen-bond acceptors (Lipinski definition) is 9. The number of benzene rings is 3. The summed E-state index contributed by atoms with van der Waals surface area (Å²) in [4.78, 5) is 17.6. The first kappa shape index (κ1) is 27.9. The lowest BCUT2D eigenvalue weighted by Gasteiger charge is -2.59. The molecule has 230 valence electrons. The molecule has 1 fully saturated rings. The Hall–Kier alpha value is -4.59. The molecule has 45 heavy (non-hydrogen) atoms. The van der Waals surface area contributed by atoms with Crippen molar-refractivity contribution in [2.75, 3.05) is 40.1 Å². The van der Waals surface area contributed by atoms with Crippen LogP contribution in [0, 0.1) is 17.1 Å². The molecule has 3 aromatic rings. The Balaban J connectivity index is 1.18. The van der Waals surface area contributed by atoms with Crippen LogP contribution in [0.15, 0.2) is 54.6 Å². The third-order valence-corrected chi connectivity index (χ3v) is 9.70. The highest BCUT2D eigenvalue weighted by Gasteiger charge is 2.55. The van der Waals surface area contributed by atoms with Crippen LogP contribution in [-0.2, 0) is 22.4 Å². The molecule has 0 N–H and O–H groups in total. The molecule has 0 spiro atoms. The molecule has 8 rings (SSSR count). The standard InChI is InChI=1S/C35H32FN3O6/c1-38-26-12-22-15-31-33(44-11-9-42-31)17-25(22)35(38)27-13-21-14-30-32(43-10-8-41-30)16-24(21)29(39(27)28(26)18-37)19-45-34(40)7-4-20-2-5-23(36)6-3-20/h2-7,14-17,26-29,35H,8-13,19H2,1H3/b7-4+/t26-,27-,28-,29-,35+/m0/s1. The van der Waals surface area contributed by atoms with Gasteiger partial charge in [-0.2, -0.15) is 5.26 Å². The maximum atomic E-state index is 13.3. The van der Waals surface area contributed by atoms with Crippen molar-refractivity contribution in [3.05, 3.63) is 88.2 Å². The first-order chi connectivity index (χ1) is 22.0. The van der Waals surface area contributed by atoms with Crippen LogP contribution in [0.3, 0.4) is 0 Å². The topological polar surface area (TPSA) is 93.5 Å². The zero-order chi connectivity index (χ0) is 30.7. The van der Waals surface area contributed by atoms with Crippen LogP contribution in [0.5, 0.6) is 23.0 Å². The van der Waals surface area contributed by atoms with E-state index in [9.17, 15) is 14.4 Å². The minimum atomic E-state index is -0.516. The van der Waals surface area contributed by atoms with Crippen LogP contribution in [0.1, 0.15) is 39.9 Å². The van der Waals surface area contributed by atoms with Crippen LogP contribution >= 0.6 is 0 Å². The number of rotatable bonds is 4. The smallest absolute Gasteiger partial charge is 0.330 e. The van der Waals surface area contributed by atoms with Crippen molar-refractivity contribution in [1.82, 2.24) is 9.80 Å². The van der Waals surface area contributed by atoms with E-state index in [1.807, 2.05) is 12.1 Å². The van der Waals surface area contributed by atoms with Gasteiger partial charge in [-0.1, -0.05) is 12.1 Å². The van der Waals surface area contributed by atoms with E-state index < -0.39 is 12.0 Å². The SMILES string of the molecule is CN1[C@@H]2c3cc4c(cc3C[C@H]1[C@H](C#N)N1[C@@H](COC(=O)/C=C/c3ccc(F)cc3)c3cc5c(cc3C[C@@H]21)OCCO5)OCCO4. The Kier molecular flexibility index (Phi) is 6.88. The first-order valence-corrected chi connectivity index (χ1v) is 15.3. The average molecular weight is 610 g/mol. The highest BCUT2D eigenvalue weighted by Crippen LogP contribution is 2.52. The van der Waals surface area contributed by atoms with E-state index in [0.29, 0.717) is 56.3 Å². The second kappa shape index (κ2) is 11.1. The lowest BCUT2D eigenvalue weighted by molar-refractivity contribution is -0.143. The number of likely N-dealkylation sites (N-methyl/N-ethyl adjacent to an activating group) is 1. The van der Waals surface area contributed by atoms with Gasteiger partial charge in [-0.3, -0.25) is 9.80 Å². The normalized spacial score (nSPS) is 26.3. The third kappa shape index (κ3) is 4.78. The van der Waals surface area contributed by atoms with Crippen LogP contribution in [0.25, 0.3) is 6.08 Å². The number of hydrogen-bond donors (Lipinski definition) is 0. The van der Waals surface area contributed by atoms with E-state index in [-0.39, 0.29) is 36.6 Å². The van der Waals surface area contributed by atoms with Gasteiger partial charge < -0.3 is 23.7 Å². The molecule has 0 radical (unpaired) electrons. The minimum absolute atomic E-state index is 0.0305. The molecular weight excluding hydrogens is 577 g/mol. The van der Waals surface area contributed by atoms with Crippen molar-refractivity contribution in [2.24, 2.45) is 0 Å². The molecule has 3 aromatic carbocycles. The Morgan fingerprint density at radius 3 is 2.13 bits per heavy atom. The summed E-state index contributed by atoms with van der Waals surface area (Å²) >= 11 is 0. The van der Waals surface area contributed by atoms with E-state index in [1.54, 1.807) is 18.2 Å². The number of esters is 1. The van der Waals surface area contributed by atoms with Crippen molar-refractivity contribution in [3.63, 3.8) is 0 Å². The zero-order valence-electron chi connectivity index (χ0n) is 24.8. The molecule has 10 heteroatoms. The van der Waals surface area contributed by atoms with Crippen molar-refractivity contribution in [1.29, 1.82) is 5.26 Å². The summed E-state index contributed by atoms with van der Waals surface area (Å²) in [5, 5.41) is 10.7. The van der Waals surface area contributed by atoms with Crippen LogP contribution in [0.4, 0.5) is 4.39 Å². The summed E-state index contributed by atoms with van der Waals surface area (Å²) in [5.41, 5.74) is 5.08. The number of carbonyl (C=O) groups is 1. The minimum Gasteiger partial charge on any atom is -0.486 e. The molecule has 5 aliphatic rings. The number of nitrogens with zero attached hydrogens (tertiary/aromatic N) is 3. The molecule has 2 bridgehead atoms. The molecule has 0 aliphatic carbocycles. The van der Waals surface area contributed by atoms with E-state index in [2.05, 4.69) is 35.0 Å². The number of piperazine rings is 1. The van der Waals surface area contributed by atoms with Crippen molar-refractivity contribution < 1.29 is 32.9 Å². The second-order valence-electron chi connectivity index (χ2n) is 12.1. The van der Waals surface area contributed by atoms with Gasteiger partial charge in [-0.15, -0.1) is 0 Å². The molecular formula is C35H32FN3O6. The number of fused-ring (bicyclic) bond motifs is 9. The molecule has 5 aliphatic heterocycles. The van der Waals surface area contributed by atoms with E-state index in [4.69, 9.17) is 23.7 Å². The first-order valence-electron chi connectivity index (χ1n) is 15.3. The maximum absolute atomic E-state index is 13.3. The van der Waals surface area contributed by atoms with Gasteiger partial charge in [0.05, 0.1) is 18.2 Å². The lowest BCUT2D eigenvalue weighted by atomic mass is 9.72. The van der Waals surface area contributed by atoms with Crippen LogP contribution in [0.2, 0.25) is 0 Å². The fourth-order valence-electron chi connectivity index (χ4n) is 7.71. The van der Waals surface area contributed by atoms with E-state index in [1.165, 1.54) is 29.3 Å². The van der Waals surface area contributed by atoms with E-state index in [0.717, 1.165) is 22.6 Å². The van der Waals surface area contributed by atoms with Gasteiger partial charge in [0, 0.05) is 18.2 Å². The molecule has 9 nitrogen and oxygen atoms in total. The predicted molar refractivity (Wildman–Crippen MR) is 161 cm³/mol. The van der Waals surface area contributed by atoms with Gasteiger partial charge in [0.2, 0.25) is 0 Å². The quantitative estimate of drug-likeness (QED) is 0.315. The summed E-state index contributed by atoms with van der Waals surface area (Å²) in [6.45, 7) is 2.00. The van der Waals surface area contributed by atoms with Gasteiger partial charge in [0.25, 0.3) is 0 Å². The van der Waals surface area contributed by atoms with Crippen molar-refractivity contribution in [3.8, 4) is 29.1 Å². The fourth-order valence-corrected chi connectivity index (χ4v) is 7.71. The molecule has 0 aromatic heterocycles. The Morgan fingerprint density at radius 2 is 1.49 bits per heavy atom. The number of ether oxygens (including phenoxy) is 5. The van der Waals surface area contributed by atoms with Crippen molar-refractivity contribution in [2.45, 2.75) is 43.1 Å². The molecule has 5 heterocycles. The van der Waals surface area contributed by atoms with Crippen LogP contribution in [-0.4, -0.2) is 74.0 Å². The molecule has 0 unspecified atom stereocenters. The fraction of sp³-hybridized carbons (Fsp3) is 0.371. The maximum Gasteiger partial charge on any atom is 0.330 e. The summed E-state index contributed by atoms with van der Waals surface area (Å²) < 4.78 is 43.0. The third-order valence-electron chi connectivity index (χ3n) is 9.70. The van der Waals surface area contributed by atoms with E-state index >= 15 is 0 Å². The summed E-state index contributed by atoms with van der Waals surface area (Å²) in [5.74, 6) is 2.00. The van der Waals surface area contributed by atoms with Crippen LogP contribution < -0.4 is 18.9 Å². The number of carbonyl (C=O) groups excluding carboxylic acids is 1. The molecule has 0 amide bonds. The highest BCUT2D eigenvalue weighted by atomic mass is 19.1. The Morgan fingerprint density at radius 1 is 0.911 bits per heavy atom. The molecule has 1 saturated heterocycles. The van der Waals surface area contributed by atoms with Crippen molar-refractivity contribution >= 4 is 12.0 Å². The Labute approximate surface area is 260 Å². The monoisotopic (exact) mass is 609 g/mol. The lowest BCUT2D eigenvalue weighted by Crippen LogP contribution is -2.68. The zero-order valence-corrected chi connectivity index (χ0v) is 24.8.